The van der Waals surface area contributed by atoms with E-state index in [4.69, 9.17) is 4.74 Å². The molecule has 1 aliphatic heterocycles. The van der Waals surface area contributed by atoms with Crippen LogP contribution < -0.4 is 10.6 Å². The van der Waals surface area contributed by atoms with Crippen LogP contribution in [-0.2, 0) is 11.2 Å². The lowest BCUT2D eigenvalue weighted by Crippen LogP contribution is -2.57. The molecule has 7 nitrogen and oxygen atoms in total. The molecule has 0 aromatic heterocycles. The number of aliphatic hydroxyl groups excluding tert-OH is 1. The van der Waals surface area contributed by atoms with Crippen LogP contribution in [-0.4, -0.2) is 72.4 Å². The summed E-state index contributed by atoms with van der Waals surface area (Å²) in [6.45, 7) is 10.4. The molecule has 41 heavy (non-hydrogen) atoms. The number of nitrogens with zero attached hydrogens (tertiary/aromatic N) is 1. The highest BCUT2D eigenvalue weighted by molar-refractivity contribution is 6.00. The Morgan fingerprint density at radius 1 is 1.02 bits per heavy atom. The van der Waals surface area contributed by atoms with E-state index in [1.54, 1.807) is 23.1 Å². The number of ether oxygens (including phenoxy) is 1. The van der Waals surface area contributed by atoms with Crippen molar-refractivity contribution in [1.82, 2.24) is 15.5 Å². The Bertz CT molecular complexity index is 1140. The molecule has 4 atom stereocenters. The largest absolute Gasteiger partial charge is 0.389 e. The number of carbonyl (C=O) groups is 2. The minimum atomic E-state index is -1.06. The molecule has 2 aromatic carbocycles. The van der Waals surface area contributed by atoms with E-state index in [-0.39, 0.29) is 30.0 Å². The fraction of sp³-hybridized carbons (Fsp3) is 0.562. The SMILES string of the molecule is CCCO[C@H]1CCN[C@@H]([C@@H](O)[C@H](Cc2cc(F)cc(F)c2)NC(=O)c2cc(C)cc(C(=O)N(CCC)CCC)c2)C1. The second-order valence-corrected chi connectivity index (χ2v) is 11.0. The molecule has 9 heteroatoms. The van der Waals surface area contributed by atoms with Gasteiger partial charge in [-0.1, -0.05) is 20.8 Å². The van der Waals surface area contributed by atoms with Gasteiger partial charge in [-0.2, -0.15) is 0 Å². The molecule has 1 heterocycles. The van der Waals surface area contributed by atoms with Crippen LogP contribution in [0.15, 0.2) is 36.4 Å². The van der Waals surface area contributed by atoms with Crippen LogP contribution in [0.4, 0.5) is 8.78 Å². The van der Waals surface area contributed by atoms with E-state index in [1.807, 2.05) is 27.7 Å². The lowest BCUT2D eigenvalue weighted by atomic mass is 9.90. The Morgan fingerprint density at radius 3 is 2.32 bits per heavy atom. The van der Waals surface area contributed by atoms with Crippen molar-refractivity contribution in [3.05, 3.63) is 70.3 Å². The van der Waals surface area contributed by atoms with E-state index in [0.29, 0.717) is 43.8 Å². The zero-order chi connectivity index (χ0) is 29.9. The van der Waals surface area contributed by atoms with Gasteiger partial charge in [-0.15, -0.1) is 0 Å². The number of carbonyl (C=O) groups excluding carboxylic acids is 2. The van der Waals surface area contributed by atoms with Crippen molar-refractivity contribution in [3.63, 3.8) is 0 Å². The molecule has 1 aliphatic rings. The molecule has 1 fully saturated rings. The van der Waals surface area contributed by atoms with E-state index in [2.05, 4.69) is 10.6 Å². The summed E-state index contributed by atoms with van der Waals surface area (Å²) in [6, 6.07) is 6.98. The summed E-state index contributed by atoms with van der Waals surface area (Å²) < 4.78 is 34.0. The molecule has 2 amide bonds. The summed E-state index contributed by atoms with van der Waals surface area (Å²) in [7, 11) is 0. The Kier molecular flexibility index (Phi) is 12.7. The summed E-state index contributed by atoms with van der Waals surface area (Å²) in [4.78, 5) is 28.6. The number of halogens is 2. The third kappa shape index (κ3) is 9.58. The van der Waals surface area contributed by atoms with Crippen molar-refractivity contribution < 1.29 is 28.2 Å². The predicted molar refractivity (Wildman–Crippen MR) is 156 cm³/mol. The van der Waals surface area contributed by atoms with Crippen molar-refractivity contribution in [2.45, 2.75) is 90.5 Å². The van der Waals surface area contributed by atoms with E-state index in [0.717, 1.165) is 37.3 Å². The van der Waals surface area contributed by atoms with Gasteiger partial charge in [-0.3, -0.25) is 9.59 Å². The Labute approximate surface area is 242 Å². The number of benzene rings is 2. The van der Waals surface area contributed by atoms with Crippen LogP contribution in [0, 0.1) is 18.6 Å². The minimum absolute atomic E-state index is 0.0125. The first-order chi connectivity index (χ1) is 19.6. The van der Waals surface area contributed by atoms with Crippen molar-refractivity contribution >= 4 is 11.8 Å². The molecule has 0 saturated carbocycles. The number of piperidine rings is 1. The molecule has 3 N–H and O–H groups in total. The number of nitrogens with one attached hydrogen (secondary N) is 2. The van der Waals surface area contributed by atoms with Crippen LogP contribution >= 0.6 is 0 Å². The van der Waals surface area contributed by atoms with E-state index in [1.165, 1.54) is 12.1 Å². The second-order valence-electron chi connectivity index (χ2n) is 11.0. The first-order valence-corrected chi connectivity index (χ1v) is 14.8. The second kappa shape index (κ2) is 15.9. The lowest BCUT2D eigenvalue weighted by molar-refractivity contribution is -0.00737. The smallest absolute Gasteiger partial charge is 0.253 e. The normalized spacial score (nSPS) is 18.5. The van der Waals surface area contributed by atoms with Gasteiger partial charge in [-0.05, 0) is 93.5 Å². The maximum atomic E-state index is 14.0. The van der Waals surface area contributed by atoms with Crippen LogP contribution in [0.25, 0.3) is 0 Å². The fourth-order valence-electron chi connectivity index (χ4n) is 5.46. The van der Waals surface area contributed by atoms with Gasteiger partial charge in [0.1, 0.15) is 11.6 Å². The standard InChI is InChI=1S/C32H45F2N3O4/c1-5-10-37(11-6-2)32(40)24-14-21(4)13-23(18-24)31(39)36-29(17-22-15-25(33)19-26(34)16-22)30(38)28-20-27(8-9-35-28)41-12-7-3/h13-16,18-19,27-30,35,38H,5-12,17,20H2,1-4H3,(H,36,39)/t27-,28+,29-,30+/m0/s1. The first-order valence-electron chi connectivity index (χ1n) is 14.8. The molecular formula is C32H45F2N3O4. The molecule has 0 radical (unpaired) electrons. The summed E-state index contributed by atoms with van der Waals surface area (Å²) in [5.41, 5.74) is 1.77. The zero-order valence-electron chi connectivity index (χ0n) is 24.7. The van der Waals surface area contributed by atoms with E-state index >= 15 is 0 Å². The van der Waals surface area contributed by atoms with Crippen molar-refractivity contribution in [2.24, 2.45) is 0 Å². The molecule has 0 spiro atoms. The molecule has 2 aromatic rings. The van der Waals surface area contributed by atoms with Gasteiger partial charge in [0.15, 0.2) is 0 Å². The quantitative estimate of drug-likeness (QED) is 0.303. The molecule has 1 saturated heterocycles. The highest BCUT2D eigenvalue weighted by Crippen LogP contribution is 2.21. The highest BCUT2D eigenvalue weighted by atomic mass is 19.1. The molecule has 0 aliphatic carbocycles. The minimum Gasteiger partial charge on any atom is -0.389 e. The lowest BCUT2D eigenvalue weighted by Gasteiger charge is -2.37. The Morgan fingerprint density at radius 2 is 1.68 bits per heavy atom. The van der Waals surface area contributed by atoms with Gasteiger partial charge in [-0.25, -0.2) is 8.78 Å². The summed E-state index contributed by atoms with van der Waals surface area (Å²) in [5.74, 6) is -2.07. The average Bonchev–Trinajstić information content (AvgIpc) is 2.94. The van der Waals surface area contributed by atoms with Gasteiger partial charge in [0.2, 0.25) is 0 Å². The van der Waals surface area contributed by atoms with E-state index < -0.39 is 29.7 Å². The molecule has 0 unspecified atom stereocenters. The summed E-state index contributed by atoms with van der Waals surface area (Å²) in [5, 5.41) is 17.7. The number of hydrogen-bond donors (Lipinski definition) is 3. The molecule has 3 rings (SSSR count). The van der Waals surface area contributed by atoms with Crippen LogP contribution in [0.2, 0.25) is 0 Å². The van der Waals surface area contributed by atoms with Crippen molar-refractivity contribution in [3.8, 4) is 0 Å². The Hall–Kier alpha value is -2.88. The molecule has 226 valence electrons. The topological polar surface area (TPSA) is 90.9 Å². The van der Waals surface area contributed by atoms with Gasteiger partial charge in [0.25, 0.3) is 11.8 Å². The van der Waals surface area contributed by atoms with Gasteiger partial charge < -0.3 is 25.4 Å². The van der Waals surface area contributed by atoms with Crippen molar-refractivity contribution in [1.29, 1.82) is 0 Å². The zero-order valence-corrected chi connectivity index (χ0v) is 24.7. The first kappa shape index (κ1) is 32.6. The van der Waals surface area contributed by atoms with Crippen LogP contribution in [0.1, 0.15) is 84.7 Å². The predicted octanol–water partition coefficient (Wildman–Crippen LogP) is 4.78. The molecular weight excluding hydrogens is 528 g/mol. The maximum absolute atomic E-state index is 14.0. The van der Waals surface area contributed by atoms with Gasteiger partial charge in [0, 0.05) is 42.9 Å². The van der Waals surface area contributed by atoms with Gasteiger partial charge in [0.05, 0.1) is 18.2 Å². The third-order valence-corrected chi connectivity index (χ3v) is 7.33. The number of amides is 2. The maximum Gasteiger partial charge on any atom is 0.253 e. The molecule has 0 bridgehead atoms. The van der Waals surface area contributed by atoms with Gasteiger partial charge >= 0.3 is 0 Å². The van der Waals surface area contributed by atoms with Crippen LogP contribution in [0.5, 0.6) is 0 Å². The highest BCUT2D eigenvalue weighted by Gasteiger charge is 2.34. The Balaban J connectivity index is 1.87. The van der Waals surface area contributed by atoms with E-state index in [9.17, 15) is 23.5 Å². The van der Waals surface area contributed by atoms with Crippen LogP contribution in [0.3, 0.4) is 0 Å². The fourth-order valence-corrected chi connectivity index (χ4v) is 5.46. The number of aryl methyl sites for hydroxylation is 1. The number of aliphatic hydroxyl groups is 1. The monoisotopic (exact) mass is 573 g/mol. The van der Waals surface area contributed by atoms with Crippen molar-refractivity contribution in [2.75, 3.05) is 26.2 Å². The summed E-state index contributed by atoms with van der Waals surface area (Å²) in [6.07, 6.45) is 2.80. The number of rotatable bonds is 14. The number of hydrogen-bond acceptors (Lipinski definition) is 5. The average molecular weight is 574 g/mol. The summed E-state index contributed by atoms with van der Waals surface area (Å²) >= 11 is 0. The third-order valence-electron chi connectivity index (χ3n) is 7.33.